The first-order chi connectivity index (χ1) is 13.8. The Morgan fingerprint density at radius 1 is 0.828 bits per heavy atom. The average Bonchev–Trinajstić information content (AvgIpc) is 2.70. The first-order valence-electron chi connectivity index (χ1n) is 9.60. The van der Waals surface area contributed by atoms with Gasteiger partial charge in [0.1, 0.15) is 0 Å². The van der Waals surface area contributed by atoms with Gasteiger partial charge in [0.05, 0.1) is 0 Å². The zero-order valence-corrected chi connectivity index (χ0v) is 17.3. The molecule has 0 aliphatic rings. The Kier molecular flexibility index (Phi) is 7.71. The summed E-state index contributed by atoms with van der Waals surface area (Å²) < 4.78 is 0. The highest BCUT2D eigenvalue weighted by Gasteiger charge is 2.09. The molecule has 6 nitrogen and oxygen atoms in total. The van der Waals surface area contributed by atoms with Gasteiger partial charge < -0.3 is 15.5 Å². The number of carbonyl (C=O) groups is 3. The van der Waals surface area contributed by atoms with Crippen molar-refractivity contribution in [2.45, 2.75) is 27.7 Å². The number of hydrogen-bond acceptors (Lipinski definition) is 4. The number of hydrogen-bond donors (Lipinski definition) is 2. The van der Waals surface area contributed by atoms with Crippen molar-refractivity contribution >= 4 is 34.7 Å². The van der Waals surface area contributed by atoms with Gasteiger partial charge in [-0.15, -0.1) is 0 Å². The van der Waals surface area contributed by atoms with Crippen molar-refractivity contribution in [3.63, 3.8) is 0 Å². The van der Waals surface area contributed by atoms with Crippen LogP contribution < -0.4 is 15.5 Å². The van der Waals surface area contributed by atoms with Gasteiger partial charge in [0, 0.05) is 47.4 Å². The van der Waals surface area contributed by atoms with E-state index in [-0.39, 0.29) is 17.3 Å². The third-order valence-electron chi connectivity index (χ3n) is 4.52. The lowest BCUT2D eigenvalue weighted by Crippen LogP contribution is -2.21. The SMILES string of the molecule is CCN(CC)c1ccc(NC(=O)/C(C)=C\C(=O)Nc2ccc(C(C)=O)cc2)cc1. The molecule has 0 fully saturated rings. The fourth-order valence-electron chi connectivity index (χ4n) is 2.80. The van der Waals surface area contributed by atoms with Crippen LogP contribution in [0.1, 0.15) is 38.1 Å². The van der Waals surface area contributed by atoms with Gasteiger partial charge in [0.15, 0.2) is 5.78 Å². The van der Waals surface area contributed by atoms with Crippen LogP contribution in [-0.4, -0.2) is 30.7 Å². The maximum Gasteiger partial charge on any atom is 0.251 e. The summed E-state index contributed by atoms with van der Waals surface area (Å²) in [5, 5.41) is 5.47. The van der Waals surface area contributed by atoms with E-state index < -0.39 is 5.91 Å². The summed E-state index contributed by atoms with van der Waals surface area (Å²) in [4.78, 5) is 38.0. The van der Waals surface area contributed by atoms with Crippen molar-refractivity contribution in [2.24, 2.45) is 0 Å². The zero-order valence-electron chi connectivity index (χ0n) is 17.3. The number of anilines is 3. The predicted octanol–water partition coefficient (Wildman–Crippen LogP) is 4.26. The average molecular weight is 393 g/mol. The molecule has 0 saturated heterocycles. The van der Waals surface area contributed by atoms with Gasteiger partial charge in [0.2, 0.25) is 5.91 Å². The maximum atomic E-state index is 12.3. The molecule has 0 unspecified atom stereocenters. The highest BCUT2D eigenvalue weighted by molar-refractivity contribution is 6.10. The first-order valence-corrected chi connectivity index (χ1v) is 9.60. The van der Waals surface area contributed by atoms with E-state index in [0.717, 1.165) is 18.8 Å². The summed E-state index contributed by atoms with van der Waals surface area (Å²) in [6.07, 6.45) is 1.25. The van der Waals surface area contributed by atoms with E-state index in [1.54, 1.807) is 31.2 Å². The Hall–Kier alpha value is -3.41. The molecule has 152 valence electrons. The predicted molar refractivity (Wildman–Crippen MR) is 117 cm³/mol. The molecule has 2 amide bonds. The molecule has 0 spiro atoms. The summed E-state index contributed by atoms with van der Waals surface area (Å²) in [6.45, 7) is 9.08. The minimum Gasteiger partial charge on any atom is -0.372 e. The van der Waals surface area contributed by atoms with Gasteiger partial charge in [0.25, 0.3) is 5.91 Å². The number of amides is 2. The van der Waals surface area contributed by atoms with E-state index in [0.29, 0.717) is 16.9 Å². The smallest absolute Gasteiger partial charge is 0.251 e. The molecule has 0 bridgehead atoms. The number of ketones is 1. The Morgan fingerprint density at radius 3 is 1.86 bits per heavy atom. The molecule has 2 aromatic carbocycles. The molecule has 0 saturated carbocycles. The molecule has 0 aliphatic carbocycles. The second-order valence-electron chi connectivity index (χ2n) is 6.62. The van der Waals surface area contributed by atoms with Crippen molar-refractivity contribution in [2.75, 3.05) is 28.6 Å². The minimum atomic E-state index is -0.412. The van der Waals surface area contributed by atoms with Crippen LogP contribution in [-0.2, 0) is 9.59 Å². The third-order valence-corrected chi connectivity index (χ3v) is 4.52. The molecule has 0 aromatic heterocycles. The first kappa shape index (κ1) is 21.9. The zero-order chi connectivity index (χ0) is 21.4. The Morgan fingerprint density at radius 2 is 1.34 bits per heavy atom. The van der Waals surface area contributed by atoms with E-state index in [4.69, 9.17) is 0 Å². The third kappa shape index (κ3) is 6.31. The number of Topliss-reactive ketones (excluding diaryl/α,β-unsaturated/α-hetero) is 1. The van der Waals surface area contributed by atoms with E-state index in [2.05, 4.69) is 29.4 Å². The maximum absolute atomic E-state index is 12.3. The molecule has 29 heavy (non-hydrogen) atoms. The molecule has 2 N–H and O–H groups in total. The van der Waals surface area contributed by atoms with E-state index in [1.165, 1.54) is 13.0 Å². The molecule has 0 radical (unpaired) electrons. The monoisotopic (exact) mass is 393 g/mol. The summed E-state index contributed by atoms with van der Waals surface area (Å²) in [5.74, 6) is -0.798. The Labute approximate surface area is 171 Å². The van der Waals surface area contributed by atoms with Crippen LogP contribution in [0.3, 0.4) is 0 Å². The highest BCUT2D eigenvalue weighted by atomic mass is 16.2. The molecular formula is C23H27N3O3. The summed E-state index contributed by atoms with van der Waals surface area (Å²) >= 11 is 0. The molecular weight excluding hydrogens is 366 g/mol. The summed E-state index contributed by atoms with van der Waals surface area (Å²) in [6, 6.07) is 14.2. The van der Waals surface area contributed by atoms with Crippen LogP contribution in [0.4, 0.5) is 17.1 Å². The lowest BCUT2D eigenvalue weighted by molar-refractivity contribution is -0.114. The Balaban J connectivity index is 1.96. The number of rotatable bonds is 8. The standard InChI is InChI=1S/C23H27N3O3/c1-5-26(6-2)21-13-11-20(12-14-21)25-23(29)16(3)15-22(28)24-19-9-7-18(8-10-19)17(4)27/h7-15H,5-6H2,1-4H3,(H,24,28)(H,25,29)/b16-15-. The van der Waals surface area contributed by atoms with Gasteiger partial charge in [-0.3, -0.25) is 14.4 Å². The van der Waals surface area contributed by atoms with Crippen molar-refractivity contribution in [3.05, 3.63) is 65.7 Å². The second-order valence-corrected chi connectivity index (χ2v) is 6.62. The second kappa shape index (κ2) is 10.2. The van der Waals surface area contributed by atoms with Crippen LogP contribution in [0.5, 0.6) is 0 Å². The van der Waals surface area contributed by atoms with Crippen LogP contribution in [0.15, 0.2) is 60.2 Å². The summed E-state index contributed by atoms with van der Waals surface area (Å²) in [7, 11) is 0. The van der Waals surface area contributed by atoms with Crippen molar-refractivity contribution in [1.82, 2.24) is 0 Å². The molecule has 6 heteroatoms. The topological polar surface area (TPSA) is 78.5 Å². The molecule has 0 heterocycles. The van der Waals surface area contributed by atoms with Crippen molar-refractivity contribution < 1.29 is 14.4 Å². The number of benzene rings is 2. The number of nitrogens with one attached hydrogen (secondary N) is 2. The Bertz CT molecular complexity index is 896. The van der Waals surface area contributed by atoms with Gasteiger partial charge in [-0.2, -0.15) is 0 Å². The van der Waals surface area contributed by atoms with E-state index >= 15 is 0 Å². The van der Waals surface area contributed by atoms with Crippen LogP contribution in [0.25, 0.3) is 0 Å². The molecule has 0 aliphatic heterocycles. The lowest BCUT2D eigenvalue weighted by Gasteiger charge is -2.21. The largest absolute Gasteiger partial charge is 0.372 e. The van der Waals surface area contributed by atoms with E-state index in [1.807, 2.05) is 24.3 Å². The van der Waals surface area contributed by atoms with Gasteiger partial charge in [-0.05, 0) is 76.2 Å². The highest BCUT2D eigenvalue weighted by Crippen LogP contribution is 2.18. The van der Waals surface area contributed by atoms with Gasteiger partial charge in [-0.25, -0.2) is 0 Å². The summed E-state index contributed by atoms with van der Waals surface area (Å²) in [5.41, 5.74) is 3.17. The quantitative estimate of drug-likeness (QED) is 0.519. The van der Waals surface area contributed by atoms with Crippen LogP contribution in [0, 0.1) is 0 Å². The van der Waals surface area contributed by atoms with Crippen LogP contribution >= 0.6 is 0 Å². The number of carbonyl (C=O) groups excluding carboxylic acids is 3. The minimum absolute atomic E-state index is 0.0413. The molecule has 2 rings (SSSR count). The van der Waals surface area contributed by atoms with E-state index in [9.17, 15) is 14.4 Å². The molecule has 2 aromatic rings. The molecule has 0 atom stereocenters. The number of nitrogens with zero attached hydrogens (tertiary/aromatic N) is 1. The van der Waals surface area contributed by atoms with Crippen molar-refractivity contribution in [1.29, 1.82) is 0 Å². The fraction of sp³-hybridized carbons (Fsp3) is 0.261. The van der Waals surface area contributed by atoms with Crippen LogP contribution in [0.2, 0.25) is 0 Å². The lowest BCUT2D eigenvalue weighted by atomic mass is 10.1. The fourth-order valence-corrected chi connectivity index (χ4v) is 2.80. The van der Waals surface area contributed by atoms with Crippen molar-refractivity contribution in [3.8, 4) is 0 Å². The van der Waals surface area contributed by atoms with Gasteiger partial charge >= 0.3 is 0 Å². The van der Waals surface area contributed by atoms with Gasteiger partial charge in [-0.1, -0.05) is 0 Å². The normalized spacial score (nSPS) is 11.0.